The number of nitrogens with zero attached hydrogens (tertiary/aromatic N) is 2. The topological polar surface area (TPSA) is 41.8 Å². The molecule has 3 aliphatic rings. The maximum Gasteiger partial charge on any atom is 0.170 e. The number of rotatable bonds is 2. The smallest absolute Gasteiger partial charge is 0.170 e. The summed E-state index contributed by atoms with van der Waals surface area (Å²) in [4.78, 5) is 6.40. The van der Waals surface area contributed by atoms with Gasteiger partial charge in [-0.25, -0.2) is 9.20 Å². The first-order valence-corrected chi connectivity index (χ1v) is 15.7. The molecule has 0 fully saturated rings. The Bertz CT molecular complexity index is 2210. The van der Waals surface area contributed by atoms with E-state index >= 15 is 0 Å². The highest BCUT2D eigenvalue weighted by Gasteiger charge is 2.52. The second-order valence-corrected chi connectivity index (χ2v) is 13.1. The third-order valence-corrected chi connectivity index (χ3v) is 11.2. The Kier molecular flexibility index (Phi) is 4.77. The van der Waals surface area contributed by atoms with Gasteiger partial charge in [-0.3, -0.25) is 0 Å². The van der Waals surface area contributed by atoms with Crippen molar-refractivity contribution in [3.05, 3.63) is 173 Å². The summed E-state index contributed by atoms with van der Waals surface area (Å²) in [5, 5.41) is 0. The lowest BCUT2D eigenvalue weighted by molar-refractivity contribution is 0.676. The summed E-state index contributed by atoms with van der Waals surface area (Å²) in [6, 6.07) is 50.0. The fourth-order valence-electron chi connectivity index (χ4n) is 7.31. The molecule has 4 heteroatoms. The van der Waals surface area contributed by atoms with Crippen LogP contribution >= 0.6 is 0 Å². The van der Waals surface area contributed by atoms with E-state index < -0.39 is 15.1 Å². The Hall–Kier alpha value is -5.06. The molecule has 42 heavy (non-hydrogen) atoms. The van der Waals surface area contributed by atoms with Gasteiger partial charge in [-0.05, 0) is 68.8 Å². The molecule has 1 spiro atoms. The summed E-state index contributed by atoms with van der Waals surface area (Å²) in [5.74, 6) is 0.505. The summed E-state index contributed by atoms with van der Waals surface area (Å²) in [6.45, 7) is 0. The Labute approximate surface area is 245 Å². The number of hydrogen-bond acceptors (Lipinski definition) is 3. The largest absolute Gasteiger partial charge is 0.239 e. The number of para-hydroxylation sites is 1. The molecular weight excluding hydrogens is 532 g/mol. The van der Waals surface area contributed by atoms with Crippen LogP contribution in [0.5, 0.6) is 0 Å². The van der Waals surface area contributed by atoms with E-state index in [4.69, 9.17) is 9.36 Å². The zero-order valence-corrected chi connectivity index (χ0v) is 23.4. The standard InChI is InChI=1S/C38H24N2OS/c41-42(25-13-2-1-3-14-25)35-24-11-10-23-34(35)39-37(40-42)29-18-12-22-33-36(29)28-17-6-9-21-32(28)38(33)30-19-7-4-15-26(30)27-16-5-8-20-31(27)38/h1-24H. The zero-order chi connectivity index (χ0) is 27.9. The van der Waals surface area contributed by atoms with Crippen LogP contribution in [0.25, 0.3) is 22.3 Å². The quantitative estimate of drug-likeness (QED) is 0.209. The van der Waals surface area contributed by atoms with Crippen LogP contribution in [0, 0.1) is 0 Å². The number of amidine groups is 1. The Morgan fingerprint density at radius 2 is 1.00 bits per heavy atom. The average Bonchev–Trinajstić information content (AvgIpc) is 3.53. The molecule has 6 aromatic rings. The molecular formula is C38H24N2OS. The van der Waals surface area contributed by atoms with Gasteiger partial charge < -0.3 is 0 Å². The lowest BCUT2D eigenvalue weighted by atomic mass is 9.70. The molecule has 0 N–H and O–H groups in total. The van der Waals surface area contributed by atoms with E-state index in [0.29, 0.717) is 21.3 Å². The van der Waals surface area contributed by atoms with Crippen molar-refractivity contribution >= 4 is 21.3 Å². The normalized spacial score (nSPS) is 18.2. The molecule has 0 saturated heterocycles. The zero-order valence-electron chi connectivity index (χ0n) is 22.6. The summed E-state index contributed by atoms with van der Waals surface area (Å²) in [5.41, 5.74) is 11.0. The van der Waals surface area contributed by atoms with Crippen LogP contribution in [0.3, 0.4) is 0 Å². The molecule has 6 aromatic carbocycles. The SMILES string of the molecule is O=S1(c2ccccc2)=NC(c2cccc3c2-c2ccccc2C32c3ccccc3-c3ccccc32)=Nc2ccccc21. The Morgan fingerprint density at radius 3 is 1.71 bits per heavy atom. The molecule has 0 radical (unpaired) electrons. The molecule has 9 rings (SSSR count). The molecule has 0 saturated carbocycles. The second-order valence-electron chi connectivity index (χ2n) is 10.9. The average molecular weight is 557 g/mol. The molecule has 1 aliphatic heterocycles. The summed E-state index contributed by atoms with van der Waals surface area (Å²) < 4.78 is 19.9. The lowest BCUT2D eigenvalue weighted by Gasteiger charge is -2.30. The first-order valence-electron chi connectivity index (χ1n) is 14.1. The summed E-state index contributed by atoms with van der Waals surface area (Å²) >= 11 is 0. The van der Waals surface area contributed by atoms with Crippen molar-refractivity contribution in [1.82, 2.24) is 0 Å². The van der Waals surface area contributed by atoms with Gasteiger partial charge in [0.1, 0.15) is 9.73 Å². The van der Waals surface area contributed by atoms with Crippen molar-refractivity contribution in [3.8, 4) is 22.3 Å². The fraction of sp³-hybridized carbons (Fsp3) is 0.0263. The summed E-state index contributed by atoms with van der Waals surface area (Å²) in [6.07, 6.45) is 0. The van der Waals surface area contributed by atoms with E-state index in [0.717, 1.165) is 16.7 Å². The van der Waals surface area contributed by atoms with Gasteiger partial charge >= 0.3 is 0 Å². The third-order valence-electron chi connectivity index (χ3n) is 8.93. The predicted octanol–water partition coefficient (Wildman–Crippen LogP) is 9.01. The maximum absolute atomic E-state index is 14.9. The van der Waals surface area contributed by atoms with E-state index in [1.54, 1.807) is 0 Å². The van der Waals surface area contributed by atoms with E-state index in [2.05, 4.69) is 91.0 Å². The Morgan fingerprint density at radius 1 is 0.476 bits per heavy atom. The van der Waals surface area contributed by atoms with Crippen molar-refractivity contribution in [3.63, 3.8) is 0 Å². The van der Waals surface area contributed by atoms with Crippen LogP contribution in [0.2, 0.25) is 0 Å². The molecule has 1 unspecified atom stereocenters. The van der Waals surface area contributed by atoms with Crippen molar-refractivity contribution in [1.29, 1.82) is 0 Å². The van der Waals surface area contributed by atoms with Crippen molar-refractivity contribution in [2.24, 2.45) is 9.36 Å². The second kappa shape index (κ2) is 8.48. The minimum absolute atomic E-state index is 0.455. The Balaban J connectivity index is 1.39. The van der Waals surface area contributed by atoms with Crippen LogP contribution < -0.4 is 0 Å². The van der Waals surface area contributed by atoms with Crippen molar-refractivity contribution in [2.75, 3.05) is 0 Å². The third kappa shape index (κ3) is 2.89. The first-order chi connectivity index (χ1) is 20.7. The van der Waals surface area contributed by atoms with Crippen LogP contribution in [0.4, 0.5) is 5.69 Å². The molecule has 0 amide bonds. The highest BCUT2D eigenvalue weighted by atomic mass is 32.2. The molecule has 198 valence electrons. The van der Waals surface area contributed by atoms with E-state index in [1.807, 2.05) is 54.6 Å². The molecule has 2 aliphatic carbocycles. The van der Waals surface area contributed by atoms with Crippen LogP contribution in [0.1, 0.15) is 27.8 Å². The maximum atomic E-state index is 14.9. The van der Waals surface area contributed by atoms with Gasteiger partial charge in [0.15, 0.2) is 5.84 Å². The molecule has 1 heterocycles. The predicted molar refractivity (Wildman–Crippen MR) is 169 cm³/mol. The monoisotopic (exact) mass is 556 g/mol. The van der Waals surface area contributed by atoms with Gasteiger partial charge in [0.05, 0.1) is 20.9 Å². The van der Waals surface area contributed by atoms with Gasteiger partial charge in [-0.2, -0.15) is 4.36 Å². The van der Waals surface area contributed by atoms with Crippen LogP contribution in [-0.2, 0) is 15.1 Å². The number of benzene rings is 6. The number of aliphatic imine (C=N–C) groups is 1. The highest BCUT2D eigenvalue weighted by Crippen LogP contribution is 2.63. The van der Waals surface area contributed by atoms with E-state index in [1.165, 1.54) is 33.4 Å². The molecule has 3 nitrogen and oxygen atoms in total. The molecule has 0 aromatic heterocycles. The van der Waals surface area contributed by atoms with Gasteiger partial charge in [-0.15, -0.1) is 0 Å². The highest BCUT2D eigenvalue weighted by molar-refractivity contribution is 7.94. The lowest BCUT2D eigenvalue weighted by Crippen LogP contribution is -2.26. The minimum atomic E-state index is -2.95. The summed E-state index contributed by atoms with van der Waals surface area (Å²) in [7, 11) is -2.95. The van der Waals surface area contributed by atoms with Crippen molar-refractivity contribution in [2.45, 2.75) is 15.2 Å². The first kappa shape index (κ1) is 23.6. The fourth-order valence-corrected chi connectivity index (χ4v) is 9.34. The van der Waals surface area contributed by atoms with Gasteiger partial charge in [0, 0.05) is 5.56 Å². The molecule has 1 atom stereocenters. The van der Waals surface area contributed by atoms with E-state index in [9.17, 15) is 4.21 Å². The van der Waals surface area contributed by atoms with Crippen molar-refractivity contribution < 1.29 is 4.21 Å². The minimum Gasteiger partial charge on any atom is -0.239 e. The van der Waals surface area contributed by atoms with Gasteiger partial charge in [0.2, 0.25) is 0 Å². The number of fused-ring (bicyclic) bond motifs is 11. The van der Waals surface area contributed by atoms with Crippen LogP contribution in [0.15, 0.2) is 165 Å². The molecule has 0 bridgehead atoms. The van der Waals surface area contributed by atoms with Crippen LogP contribution in [-0.4, -0.2) is 10.0 Å². The van der Waals surface area contributed by atoms with E-state index in [-0.39, 0.29) is 0 Å². The van der Waals surface area contributed by atoms with Gasteiger partial charge in [-0.1, -0.05) is 121 Å². The van der Waals surface area contributed by atoms with Gasteiger partial charge in [0.25, 0.3) is 0 Å². The number of hydrogen-bond donors (Lipinski definition) is 0.